The van der Waals surface area contributed by atoms with Gasteiger partial charge >= 0.3 is 0 Å². The molecule has 3 atom stereocenters. The van der Waals surface area contributed by atoms with Crippen molar-refractivity contribution in [3.63, 3.8) is 0 Å². The number of hydrogen-bond acceptors (Lipinski definition) is 3. The molecule has 4 nitrogen and oxygen atoms in total. The quantitative estimate of drug-likeness (QED) is 0.806. The monoisotopic (exact) mass is 311 g/mol. The summed E-state index contributed by atoms with van der Waals surface area (Å²) < 4.78 is 5.16. The lowest BCUT2D eigenvalue weighted by molar-refractivity contribution is -0.135. The third-order valence-corrected chi connectivity index (χ3v) is 4.45. The first-order chi connectivity index (χ1) is 11.2. The van der Waals surface area contributed by atoms with Crippen molar-refractivity contribution in [1.29, 1.82) is 0 Å². The number of aliphatic hydroxyl groups excluding tert-OH is 1. The van der Waals surface area contributed by atoms with Gasteiger partial charge in [-0.1, -0.05) is 42.5 Å². The van der Waals surface area contributed by atoms with Gasteiger partial charge in [-0.3, -0.25) is 4.79 Å². The number of carbonyl (C=O) groups excluding carboxylic acids is 1. The van der Waals surface area contributed by atoms with E-state index in [0.29, 0.717) is 12.8 Å². The average Bonchev–Trinajstić information content (AvgIpc) is 2.60. The molecule has 0 saturated carbocycles. The largest absolute Gasteiger partial charge is 0.497 e. The van der Waals surface area contributed by atoms with Crippen molar-refractivity contribution < 1.29 is 14.6 Å². The van der Waals surface area contributed by atoms with Crippen molar-refractivity contribution >= 4 is 5.91 Å². The summed E-state index contributed by atoms with van der Waals surface area (Å²) >= 11 is 0. The Labute approximate surface area is 136 Å². The predicted octanol–water partition coefficient (Wildman–Crippen LogP) is 3.00. The van der Waals surface area contributed by atoms with Crippen LogP contribution in [0.25, 0.3) is 0 Å². The Morgan fingerprint density at radius 2 is 1.83 bits per heavy atom. The Hall–Kier alpha value is -2.33. The number of nitrogens with one attached hydrogen (secondary N) is 1. The highest BCUT2D eigenvalue weighted by molar-refractivity contribution is 5.86. The Morgan fingerprint density at radius 3 is 2.43 bits per heavy atom. The fourth-order valence-corrected chi connectivity index (χ4v) is 3.02. The molecule has 4 heteroatoms. The topological polar surface area (TPSA) is 58.6 Å². The molecule has 2 aromatic rings. The number of amides is 1. The summed E-state index contributed by atoms with van der Waals surface area (Å²) in [6, 6.07) is 17.3. The van der Waals surface area contributed by atoms with E-state index in [1.54, 1.807) is 7.11 Å². The molecule has 0 spiro atoms. The zero-order chi connectivity index (χ0) is 16.2. The number of rotatable bonds is 6. The third kappa shape index (κ3) is 3.37. The summed E-state index contributed by atoms with van der Waals surface area (Å²) in [6.45, 7) is 0. The fraction of sp³-hybridized carbons (Fsp3) is 0.316. The zero-order valence-electron chi connectivity index (χ0n) is 13.1. The second kappa shape index (κ2) is 6.84. The lowest BCUT2D eigenvalue weighted by atomic mass is 9.81. The van der Waals surface area contributed by atoms with Gasteiger partial charge in [-0.25, -0.2) is 0 Å². The maximum atomic E-state index is 11.9. The molecule has 0 aliphatic carbocycles. The summed E-state index contributed by atoms with van der Waals surface area (Å²) in [6.07, 6.45) is 0.717. The van der Waals surface area contributed by atoms with Gasteiger partial charge in [0.05, 0.1) is 25.2 Å². The normalized spacial score (nSPS) is 21.2. The van der Waals surface area contributed by atoms with Gasteiger partial charge in [-0.2, -0.15) is 0 Å². The van der Waals surface area contributed by atoms with Crippen LogP contribution in [-0.2, 0) is 4.79 Å². The summed E-state index contributed by atoms with van der Waals surface area (Å²) in [5.74, 6) is 0.781. The number of β-lactam (4-membered cyclic amide) rings is 1. The van der Waals surface area contributed by atoms with E-state index in [1.165, 1.54) is 0 Å². The van der Waals surface area contributed by atoms with Crippen molar-refractivity contribution in [3.05, 3.63) is 65.7 Å². The number of hydrogen-bond donors (Lipinski definition) is 2. The predicted molar refractivity (Wildman–Crippen MR) is 88.0 cm³/mol. The van der Waals surface area contributed by atoms with E-state index in [4.69, 9.17) is 4.74 Å². The Balaban J connectivity index is 1.61. The van der Waals surface area contributed by atoms with Gasteiger partial charge in [0.15, 0.2) is 0 Å². The number of carbonyl (C=O) groups is 1. The average molecular weight is 311 g/mol. The molecule has 2 aromatic carbocycles. The fourth-order valence-electron chi connectivity index (χ4n) is 3.02. The minimum absolute atomic E-state index is 0.0244. The first-order valence-electron chi connectivity index (χ1n) is 7.86. The standard InChI is InChI=1S/C19H21NO3/c1-23-15-9-7-14(8-10-15)18-16(19(22)20-18)11-12-17(21)13-5-3-2-4-6-13/h2-10,16-18,21H,11-12H2,1H3,(H,20,22). The molecule has 120 valence electrons. The molecule has 1 heterocycles. The summed E-state index contributed by atoms with van der Waals surface area (Å²) in [7, 11) is 1.63. The second-order valence-corrected chi connectivity index (χ2v) is 5.87. The van der Waals surface area contributed by atoms with E-state index in [0.717, 1.165) is 16.9 Å². The molecule has 3 unspecified atom stereocenters. The van der Waals surface area contributed by atoms with E-state index in [9.17, 15) is 9.90 Å². The van der Waals surface area contributed by atoms with Gasteiger partial charge < -0.3 is 15.2 Å². The highest BCUT2D eigenvalue weighted by Crippen LogP contribution is 2.36. The molecule has 1 aliphatic heterocycles. The van der Waals surface area contributed by atoms with Crippen LogP contribution in [0.5, 0.6) is 5.75 Å². The molecule has 3 rings (SSSR count). The van der Waals surface area contributed by atoms with Crippen LogP contribution in [0.4, 0.5) is 0 Å². The summed E-state index contributed by atoms with van der Waals surface area (Å²) in [5.41, 5.74) is 1.97. The van der Waals surface area contributed by atoms with Gasteiger partial charge in [-0.05, 0) is 36.1 Å². The minimum atomic E-state index is -0.527. The van der Waals surface area contributed by atoms with Crippen molar-refractivity contribution in [1.82, 2.24) is 5.32 Å². The van der Waals surface area contributed by atoms with Crippen LogP contribution in [0.3, 0.4) is 0 Å². The van der Waals surface area contributed by atoms with Gasteiger partial charge in [0.1, 0.15) is 5.75 Å². The molecule has 0 radical (unpaired) electrons. The lowest BCUT2D eigenvalue weighted by Gasteiger charge is -2.37. The number of methoxy groups -OCH3 is 1. The molecule has 1 fully saturated rings. The Kier molecular flexibility index (Phi) is 4.63. The number of aliphatic hydroxyl groups is 1. The van der Waals surface area contributed by atoms with Gasteiger partial charge in [0.2, 0.25) is 5.91 Å². The molecule has 0 aromatic heterocycles. The Morgan fingerprint density at radius 1 is 1.13 bits per heavy atom. The van der Waals surface area contributed by atoms with E-state index >= 15 is 0 Å². The summed E-state index contributed by atoms with van der Waals surface area (Å²) in [5, 5.41) is 13.2. The SMILES string of the molecule is COc1ccc(C2NC(=O)C2CCC(O)c2ccccc2)cc1. The first kappa shape index (κ1) is 15.6. The first-order valence-corrected chi connectivity index (χ1v) is 7.86. The molecule has 1 aliphatic rings. The van der Waals surface area contributed by atoms with Crippen LogP contribution in [0.2, 0.25) is 0 Å². The zero-order valence-corrected chi connectivity index (χ0v) is 13.1. The van der Waals surface area contributed by atoms with Crippen LogP contribution in [0, 0.1) is 5.92 Å². The lowest BCUT2D eigenvalue weighted by Crippen LogP contribution is -2.51. The van der Waals surface area contributed by atoms with Crippen molar-refractivity contribution in [2.24, 2.45) is 5.92 Å². The van der Waals surface area contributed by atoms with E-state index in [1.807, 2.05) is 54.6 Å². The molecule has 2 N–H and O–H groups in total. The van der Waals surface area contributed by atoms with Gasteiger partial charge in [0, 0.05) is 0 Å². The highest BCUT2D eigenvalue weighted by Gasteiger charge is 2.39. The van der Waals surface area contributed by atoms with Crippen LogP contribution in [-0.4, -0.2) is 18.1 Å². The van der Waals surface area contributed by atoms with Gasteiger partial charge in [0.25, 0.3) is 0 Å². The maximum Gasteiger partial charge on any atom is 0.226 e. The van der Waals surface area contributed by atoms with Crippen LogP contribution in [0.15, 0.2) is 54.6 Å². The molecule has 0 bridgehead atoms. The summed E-state index contributed by atoms with van der Waals surface area (Å²) in [4.78, 5) is 11.9. The van der Waals surface area contributed by atoms with Crippen LogP contribution < -0.4 is 10.1 Å². The van der Waals surface area contributed by atoms with Crippen molar-refractivity contribution in [3.8, 4) is 5.75 Å². The molecular formula is C19H21NO3. The number of benzene rings is 2. The second-order valence-electron chi connectivity index (χ2n) is 5.87. The Bertz CT molecular complexity index is 654. The molecule has 1 amide bonds. The maximum absolute atomic E-state index is 11.9. The van der Waals surface area contributed by atoms with Crippen molar-refractivity contribution in [2.75, 3.05) is 7.11 Å². The number of ether oxygens (including phenoxy) is 1. The molecule has 23 heavy (non-hydrogen) atoms. The van der Waals surface area contributed by atoms with Gasteiger partial charge in [-0.15, -0.1) is 0 Å². The minimum Gasteiger partial charge on any atom is -0.497 e. The molecular weight excluding hydrogens is 290 g/mol. The highest BCUT2D eigenvalue weighted by atomic mass is 16.5. The third-order valence-electron chi connectivity index (χ3n) is 4.45. The van der Waals surface area contributed by atoms with E-state index in [2.05, 4.69) is 5.32 Å². The van der Waals surface area contributed by atoms with Crippen LogP contribution in [0.1, 0.15) is 36.1 Å². The van der Waals surface area contributed by atoms with E-state index < -0.39 is 6.10 Å². The van der Waals surface area contributed by atoms with Crippen molar-refractivity contribution in [2.45, 2.75) is 25.0 Å². The van der Waals surface area contributed by atoms with Crippen LogP contribution >= 0.6 is 0 Å². The smallest absolute Gasteiger partial charge is 0.226 e. The van der Waals surface area contributed by atoms with E-state index in [-0.39, 0.29) is 17.9 Å². The molecule has 1 saturated heterocycles.